The van der Waals surface area contributed by atoms with Crippen LogP contribution < -0.4 is 10.1 Å². The Balaban J connectivity index is 1.44. The number of anilines is 1. The summed E-state index contributed by atoms with van der Waals surface area (Å²) in [6.45, 7) is 2.05. The average molecular weight is 461 g/mol. The molecule has 0 fully saturated rings. The first kappa shape index (κ1) is 21.7. The lowest BCUT2D eigenvalue weighted by Crippen LogP contribution is -2.22. The van der Waals surface area contributed by atoms with E-state index in [2.05, 4.69) is 22.2 Å². The number of aryl methyl sites for hydroxylation is 1. The van der Waals surface area contributed by atoms with E-state index in [0.29, 0.717) is 17.5 Å². The van der Waals surface area contributed by atoms with Crippen LogP contribution in [0.4, 0.5) is 5.69 Å². The molecule has 0 saturated heterocycles. The predicted molar refractivity (Wildman–Crippen MR) is 120 cm³/mol. The van der Waals surface area contributed by atoms with Crippen molar-refractivity contribution < 1.29 is 17.9 Å². The second kappa shape index (κ2) is 8.52. The molecule has 1 aliphatic carbocycles. The van der Waals surface area contributed by atoms with E-state index in [1.807, 2.05) is 0 Å². The Morgan fingerprint density at radius 2 is 2.00 bits per heavy atom. The van der Waals surface area contributed by atoms with Crippen molar-refractivity contribution in [2.75, 3.05) is 26.0 Å². The summed E-state index contributed by atoms with van der Waals surface area (Å²) in [5.41, 5.74) is 1.73. The number of benzene rings is 1. The summed E-state index contributed by atoms with van der Waals surface area (Å²) in [6.07, 6.45) is 4.59. The summed E-state index contributed by atoms with van der Waals surface area (Å²) in [4.78, 5) is 23.4. The van der Waals surface area contributed by atoms with Crippen molar-refractivity contribution in [3.63, 3.8) is 0 Å². The molecule has 8 nitrogen and oxygen atoms in total. The minimum Gasteiger partial charge on any atom is -0.467 e. The van der Waals surface area contributed by atoms with E-state index in [-0.39, 0.29) is 17.4 Å². The highest BCUT2D eigenvalue weighted by Crippen LogP contribution is 2.40. The molecule has 0 unspecified atom stereocenters. The number of amides is 1. The average Bonchev–Trinajstić information content (AvgIpc) is 3.10. The van der Waals surface area contributed by atoms with Gasteiger partial charge in [0.2, 0.25) is 15.9 Å². The third kappa shape index (κ3) is 4.41. The molecule has 1 amide bonds. The molecule has 2 heterocycles. The molecule has 4 rings (SSSR count). The lowest BCUT2D eigenvalue weighted by molar-refractivity contribution is -0.118. The van der Waals surface area contributed by atoms with Gasteiger partial charge in [0.25, 0.3) is 5.91 Å². The monoisotopic (exact) mass is 460 g/mol. The van der Waals surface area contributed by atoms with Crippen molar-refractivity contribution in [1.29, 1.82) is 0 Å². The maximum atomic E-state index is 12.4. The quantitative estimate of drug-likeness (QED) is 0.607. The first-order valence-corrected chi connectivity index (χ1v) is 12.2. The Morgan fingerprint density at radius 3 is 2.71 bits per heavy atom. The second-order valence-electron chi connectivity index (χ2n) is 7.86. The van der Waals surface area contributed by atoms with Crippen LogP contribution in [0.2, 0.25) is 0 Å². The van der Waals surface area contributed by atoms with Crippen LogP contribution >= 0.6 is 11.3 Å². The molecular weight excluding hydrogens is 436 g/mol. The van der Waals surface area contributed by atoms with Crippen molar-refractivity contribution in [2.24, 2.45) is 5.92 Å². The molecule has 1 aliphatic rings. The van der Waals surface area contributed by atoms with Gasteiger partial charge in [-0.25, -0.2) is 22.7 Å². The molecule has 31 heavy (non-hydrogen) atoms. The zero-order valence-electron chi connectivity index (χ0n) is 17.6. The zero-order chi connectivity index (χ0) is 22.2. The lowest BCUT2D eigenvalue weighted by atomic mass is 9.89. The molecule has 1 aromatic carbocycles. The molecule has 3 aromatic rings. The third-order valence-corrected chi connectivity index (χ3v) is 8.31. The minimum absolute atomic E-state index is 0.159. The first-order chi connectivity index (χ1) is 14.8. The van der Waals surface area contributed by atoms with Crippen molar-refractivity contribution in [3.05, 3.63) is 41.0 Å². The van der Waals surface area contributed by atoms with Crippen LogP contribution in [0.15, 0.2) is 35.5 Å². The number of thiophene rings is 1. The number of hydrogen-bond donors (Lipinski definition) is 1. The fourth-order valence-electron chi connectivity index (χ4n) is 3.61. The SMILES string of the molecule is C[C@@H]1CCc2c(sc3ncnc(OCC(=O)Nc4ccc(S(=O)(=O)N(C)C)cc4)c23)C1. The third-order valence-electron chi connectivity index (χ3n) is 5.31. The van der Waals surface area contributed by atoms with E-state index in [4.69, 9.17) is 4.74 Å². The number of sulfonamides is 1. The Hall–Kier alpha value is -2.56. The number of nitrogens with zero attached hydrogens (tertiary/aromatic N) is 3. The molecule has 1 atom stereocenters. The molecule has 0 bridgehead atoms. The van der Waals surface area contributed by atoms with Gasteiger partial charge >= 0.3 is 0 Å². The number of hydrogen-bond acceptors (Lipinski definition) is 7. The number of carbonyl (C=O) groups is 1. The van der Waals surface area contributed by atoms with Gasteiger partial charge in [0, 0.05) is 24.7 Å². The van der Waals surface area contributed by atoms with Crippen LogP contribution in [0.3, 0.4) is 0 Å². The Bertz CT molecular complexity index is 1220. The maximum Gasteiger partial charge on any atom is 0.262 e. The standard InChI is InChI=1S/C21H24N4O4S2/c1-13-4-9-16-17(10-13)30-21-19(16)20(22-12-23-21)29-11-18(26)24-14-5-7-15(8-6-14)31(27,28)25(2)3/h5-8,12-13H,4,9-11H2,1-3H3,(H,24,26)/t13-/m1/s1. The maximum absolute atomic E-state index is 12.4. The van der Waals surface area contributed by atoms with E-state index in [1.54, 1.807) is 23.5 Å². The minimum atomic E-state index is -3.51. The fourth-order valence-corrected chi connectivity index (χ4v) is 5.85. The summed E-state index contributed by atoms with van der Waals surface area (Å²) >= 11 is 1.68. The summed E-state index contributed by atoms with van der Waals surface area (Å²) in [5.74, 6) is 0.732. The summed E-state index contributed by atoms with van der Waals surface area (Å²) in [5, 5.41) is 3.63. The van der Waals surface area contributed by atoms with Crippen LogP contribution in [-0.2, 0) is 27.7 Å². The van der Waals surface area contributed by atoms with Gasteiger partial charge in [-0.2, -0.15) is 0 Å². The number of aromatic nitrogens is 2. The molecule has 0 aliphatic heterocycles. The van der Waals surface area contributed by atoms with Crippen LogP contribution in [0.5, 0.6) is 5.88 Å². The molecule has 164 valence electrons. The zero-order valence-corrected chi connectivity index (χ0v) is 19.2. The highest BCUT2D eigenvalue weighted by Gasteiger charge is 2.24. The number of rotatable bonds is 6. The molecule has 2 aromatic heterocycles. The van der Waals surface area contributed by atoms with Crippen LogP contribution in [0.1, 0.15) is 23.8 Å². The van der Waals surface area contributed by atoms with E-state index >= 15 is 0 Å². The second-order valence-corrected chi connectivity index (χ2v) is 11.1. The number of fused-ring (bicyclic) bond motifs is 3. The Kier molecular flexibility index (Phi) is 5.96. The summed E-state index contributed by atoms with van der Waals surface area (Å²) in [6, 6.07) is 6.01. The highest BCUT2D eigenvalue weighted by atomic mass is 32.2. The predicted octanol–water partition coefficient (Wildman–Crippen LogP) is 3.08. The fraction of sp³-hybridized carbons (Fsp3) is 0.381. The summed E-state index contributed by atoms with van der Waals surface area (Å²) in [7, 11) is -0.572. The number of nitrogens with one attached hydrogen (secondary N) is 1. The lowest BCUT2D eigenvalue weighted by Gasteiger charge is -2.18. The van der Waals surface area contributed by atoms with E-state index in [9.17, 15) is 13.2 Å². The highest BCUT2D eigenvalue weighted by molar-refractivity contribution is 7.89. The van der Waals surface area contributed by atoms with Crippen molar-refractivity contribution in [3.8, 4) is 5.88 Å². The molecular formula is C21H24N4O4S2. The van der Waals surface area contributed by atoms with Gasteiger partial charge < -0.3 is 10.1 Å². The van der Waals surface area contributed by atoms with E-state index in [1.165, 1.54) is 43.0 Å². The normalized spacial score (nSPS) is 16.3. The first-order valence-electron chi connectivity index (χ1n) is 9.96. The van der Waals surface area contributed by atoms with Crippen LogP contribution in [-0.4, -0.2) is 49.3 Å². The van der Waals surface area contributed by atoms with Crippen LogP contribution in [0.25, 0.3) is 10.2 Å². The Morgan fingerprint density at radius 1 is 1.26 bits per heavy atom. The molecule has 0 radical (unpaired) electrons. The smallest absolute Gasteiger partial charge is 0.262 e. The number of ether oxygens (including phenoxy) is 1. The van der Waals surface area contributed by atoms with Crippen molar-refractivity contribution >= 4 is 43.2 Å². The van der Waals surface area contributed by atoms with E-state index < -0.39 is 10.0 Å². The molecule has 0 saturated carbocycles. The van der Waals surface area contributed by atoms with Crippen molar-refractivity contribution in [1.82, 2.24) is 14.3 Å². The van der Waals surface area contributed by atoms with Gasteiger partial charge in [0.1, 0.15) is 11.2 Å². The summed E-state index contributed by atoms with van der Waals surface area (Å²) < 4.78 is 31.2. The van der Waals surface area contributed by atoms with Gasteiger partial charge in [0.05, 0.1) is 10.3 Å². The number of carbonyl (C=O) groups excluding carboxylic acids is 1. The van der Waals surface area contributed by atoms with Crippen LogP contribution in [0, 0.1) is 5.92 Å². The topological polar surface area (TPSA) is 101 Å². The van der Waals surface area contributed by atoms with Gasteiger partial charge in [-0.05, 0) is 55.0 Å². The van der Waals surface area contributed by atoms with Gasteiger partial charge in [-0.1, -0.05) is 6.92 Å². The Labute approximate surface area is 185 Å². The largest absolute Gasteiger partial charge is 0.467 e. The van der Waals surface area contributed by atoms with Gasteiger partial charge in [-0.3, -0.25) is 4.79 Å². The van der Waals surface area contributed by atoms with Gasteiger partial charge in [0.15, 0.2) is 6.61 Å². The van der Waals surface area contributed by atoms with Gasteiger partial charge in [-0.15, -0.1) is 11.3 Å². The molecule has 1 N–H and O–H groups in total. The van der Waals surface area contributed by atoms with Crippen molar-refractivity contribution in [2.45, 2.75) is 31.1 Å². The molecule has 0 spiro atoms. The molecule has 10 heteroatoms. The van der Waals surface area contributed by atoms with E-state index in [0.717, 1.165) is 33.8 Å².